The number of aryl methyl sites for hydroxylation is 2. The zero-order valence-electron chi connectivity index (χ0n) is 12.1. The summed E-state index contributed by atoms with van der Waals surface area (Å²) in [5, 5.41) is 0. The molecule has 2 aromatic rings. The number of pyridine rings is 1. The second-order valence-electron chi connectivity index (χ2n) is 5.01. The molecule has 0 aliphatic rings. The van der Waals surface area contributed by atoms with Gasteiger partial charge in [-0.25, -0.2) is 0 Å². The van der Waals surface area contributed by atoms with Crippen LogP contribution in [0.25, 0.3) is 0 Å². The Hall–Kier alpha value is -1.94. The van der Waals surface area contributed by atoms with Crippen molar-refractivity contribution in [3.8, 4) is 0 Å². The molecule has 0 aliphatic heterocycles. The number of hydrogen-bond acceptors (Lipinski definition) is 3. The predicted molar refractivity (Wildman–Crippen MR) is 88.1 cm³/mol. The van der Waals surface area contributed by atoms with Gasteiger partial charge in [0.25, 0.3) is 0 Å². The van der Waals surface area contributed by atoms with E-state index in [0.29, 0.717) is 4.99 Å². The highest BCUT2D eigenvalue weighted by atomic mass is 32.1. The molecule has 0 saturated heterocycles. The SMILES string of the molecule is Cc1ccc(C(N)=S)c(N(C)Cc2cccc(C)n2)c1. The Labute approximate surface area is 125 Å². The van der Waals surface area contributed by atoms with Crippen LogP contribution in [-0.2, 0) is 6.54 Å². The lowest BCUT2D eigenvalue weighted by Gasteiger charge is -2.22. The number of rotatable bonds is 4. The molecule has 2 N–H and O–H groups in total. The molecule has 0 spiro atoms. The van der Waals surface area contributed by atoms with E-state index < -0.39 is 0 Å². The lowest BCUT2D eigenvalue weighted by atomic mass is 10.1. The molecular formula is C16H19N3S. The van der Waals surface area contributed by atoms with Gasteiger partial charge in [0.1, 0.15) is 4.99 Å². The number of aromatic nitrogens is 1. The molecule has 20 heavy (non-hydrogen) atoms. The molecule has 1 aromatic heterocycles. The van der Waals surface area contributed by atoms with Gasteiger partial charge in [-0.05, 0) is 43.7 Å². The summed E-state index contributed by atoms with van der Waals surface area (Å²) < 4.78 is 0. The summed E-state index contributed by atoms with van der Waals surface area (Å²) in [4.78, 5) is 7.08. The molecule has 0 amide bonds. The Morgan fingerprint density at radius 3 is 2.65 bits per heavy atom. The van der Waals surface area contributed by atoms with Crippen molar-refractivity contribution >= 4 is 22.9 Å². The van der Waals surface area contributed by atoms with Gasteiger partial charge in [-0.2, -0.15) is 0 Å². The molecule has 0 bridgehead atoms. The first-order valence-electron chi connectivity index (χ1n) is 6.51. The maximum absolute atomic E-state index is 5.81. The smallest absolute Gasteiger partial charge is 0.106 e. The fourth-order valence-electron chi connectivity index (χ4n) is 2.18. The first-order chi connectivity index (χ1) is 9.47. The number of benzene rings is 1. The minimum absolute atomic E-state index is 0.420. The van der Waals surface area contributed by atoms with E-state index in [1.54, 1.807) is 0 Å². The van der Waals surface area contributed by atoms with Crippen LogP contribution in [0.15, 0.2) is 36.4 Å². The Morgan fingerprint density at radius 2 is 2.00 bits per heavy atom. The van der Waals surface area contributed by atoms with E-state index in [1.807, 2.05) is 44.3 Å². The quantitative estimate of drug-likeness (QED) is 0.877. The number of nitrogens with zero attached hydrogens (tertiary/aromatic N) is 2. The van der Waals surface area contributed by atoms with Crippen LogP contribution in [0.5, 0.6) is 0 Å². The van der Waals surface area contributed by atoms with Crippen LogP contribution in [0.2, 0.25) is 0 Å². The summed E-state index contributed by atoms with van der Waals surface area (Å²) in [5.41, 5.74) is 11.0. The van der Waals surface area contributed by atoms with E-state index in [9.17, 15) is 0 Å². The number of hydrogen-bond donors (Lipinski definition) is 1. The van der Waals surface area contributed by atoms with E-state index in [4.69, 9.17) is 18.0 Å². The maximum atomic E-state index is 5.81. The summed E-state index contributed by atoms with van der Waals surface area (Å²) in [6.07, 6.45) is 0. The van der Waals surface area contributed by atoms with Gasteiger partial charge in [-0.3, -0.25) is 4.98 Å². The fourth-order valence-corrected chi connectivity index (χ4v) is 2.35. The van der Waals surface area contributed by atoms with Crippen molar-refractivity contribution in [2.45, 2.75) is 20.4 Å². The molecule has 0 radical (unpaired) electrons. The summed E-state index contributed by atoms with van der Waals surface area (Å²) in [5.74, 6) is 0. The molecule has 0 aliphatic carbocycles. The van der Waals surface area contributed by atoms with Gasteiger partial charge in [-0.1, -0.05) is 24.4 Å². The number of anilines is 1. The normalized spacial score (nSPS) is 10.3. The molecule has 0 fully saturated rings. The molecule has 2 rings (SSSR count). The molecule has 1 heterocycles. The van der Waals surface area contributed by atoms with Gasteiger partial charge >= 0.3 is 0 Å². The van der Waals surface area contributed by atoms with E-state index in [0.717, 1.165) is 29.2 Å². The lowest BCUT2D eigenvalue weighted by Crippen LogP contribution is -2.22. The van der Waals surface area contributed by atoms with Crippen molar-refractivity contribution in [2.75, 3.05) is 11.9 Å². The Morgan fingerprint density at radius 1 is 1.25 bits per heavy atom. The van der Waals surface area contributed by atoms with E-state index in [1.165, 1.54) is 5.56 Å². The van der Waals surface area contributed by atoms with Crippen LogP contribution in [0.1, 0.15) is 22.5 Å². The summed E-state index contributed by atoms with van der Waals surface area (Å²) >= 11 is 5.13. The van der Waals surface area contributed by atoms with Crippen LogP contribution in [0, 0.1) is 13.8 Å². The first kappa shape index (κ1) is 14.5. The molecule has 0 unspecified atom stereocenters. The van der Waals surface area contributed by atoms with Crippen LogP contribution >= 0.6 is 12.2 Å². The van der Waals surface area contributed by atoms with Crippen LogP contribution in [0.3, 0.4) is 0 Å². The molecule has 3 nitrogen and oxygen atoms in total. The monoisotopic (exact) mass is 285 g/mol. The van der Waals surface area contributed by atoms with Gasteiger partial charge in [0.15, 0.2) is 0 Å². The zero-order valence-corrected chi connectivity index (χ0v) is 12.9. The molecule has 4 heteroatoms. The first-order valence-corrected chi connectivity index (χ1v) is 6.92. The predicted octanol–water partition coefficient (Wildman–Crippen LogP) is 2.97. The number of thiocarbonyl (C=S) groups is 1. The second-order valence-corrected chi connectivity index (χ2v) is 5.45. The van der Waals surface area contributed by atoms with Crippen molar-refractivity contribution in [3.05, 3.63) is 58.9 Å². The van der Waals surface area contributed by atoms with Gasteiger partial charge in [-0.15, -0.1) is 0 Å². The maximum Gasteiger partial charge on any atom is 0.106 e. The third-order valence-electron chi connectivity index (χ3n) is 3.18. The molecule has 1 aromatic carbocycles. The van der Waals surface area contributed by atoms with Gasteiger partial charge < -0.3 is 10.6 Å². The lowest BCUT2D eigenvalue weighted by molar-refractivity contribution is 0.875. The average molecular weight is 285 g/mol. The van der Waals surface area contributed by atoms with Gasteiger partial charge in [0.2, 0.25) is 0 Å². The van der Waals surface area contributed by atoms with E-state index in [-0.39, 0.29) is 0 Å². The van der Waals surface area contributed by atoms with Crippen molar-refractivity contribution in [3.63, 3.8) is 0 Å². The molecule has 0 saturated carbocycles. The standard InChI is InChI=1S/C16H19N3S/c1-11-7-8-14(16(17)20)15(9-11)19(3)10-13-6-4-5-12(2)18-13/h4-9H,10H2,1-3H3,(H2,17,20). The molecule has 0 atom stereocenters. The van der Waals surface area contributed by atoms with Crippen molar-refractivity contribution < 1.29 is 0 Å². The van der Waals surface area contributed by atoms with Gasteiger partial charge in [0, 0.05) is 24.0 Å². The fraction of sp³-hybridized carbons (Fsp3) is 0.250. The Kier molecular flexibility index (Phi) is 4.35. The average Bonchev–Trinajstić information content (AvgIpc) is 2.38. The van der Waals surface area contributed by atoms with Crippen molar-refractivity contribution in [2.24, 2.45) is 5.73 Å². The van der Waals surface area contributed by atoms with E-state index in [2.05, 4.69) is 22.9 Å². The Balaban J connectivity index is 2.31. The molecule has 104 valence electrons. The summed E-state index contributed by atoms with van der Waals surface area (Å²) in [6.45, 7) is 4.78. The van der Waals surface area contributed by atoms with E-state index >= 15 is 0 Å². The highest BCUT2D eigenvalue weighted by Gasteiger charge is 2.11. The molecular weight excluding hydrogens is 266 g/mol. The summed E-state index contributed by atoms with van der Waals surface area (Å²) in [6, 6.07) is 12.2. The second kappa shape index (κ2) is 6.01. The zero-order chi connectivity index (χ0) is 14.7. The van der Waals surface area contributed by atoms with Crippen LogP contribution in [-0.4, -0.2) is 17.0 Å². The van der Waals surface area contributed by atoms with Crippen LogP contribution < -0.4 is 10.6 Å². The topological polar surface area (TPSA) is 42.1 Å². The van der Waals surface area contributed by atoms with Crippen LogP contribution in [0.4, 0.5) is 5.69 Å². The number of nitrogens with two attached hydrogens (primary N) is 1. The minimum Gasteiger partial charge on any atom is -0.389 e. The van der Waals surface area contributed by atoms with Crippen molar-refractivity contribution in [1.29, 1.82) is 0 Å². The Bertz CT molecular complexity index is 637. The van der Waals surface area contributed by atoms with Crippen molar-refractivity contribution in [1.82, 2.24) is 4.98 Å². The van der Waals surface area contributed by atoms with Gasteiger partial charge in [0.05, 0.1) is 12.2 Å². The third-order valence-corrected chi connectivity index (χ3v) is 3.40. The summed E-state index contributed by atoms with van der Waals surface area (Å²) in [7, 11) is 2.03. The highest BCUT2D eigenvalue weighted by molar-refractivity contribution is 7.80. The third kappa shape index (κ3) is 3.33. The minimum atomic E-state index is 0.420. The largest absolute Gasteiger partial charge is 0.389 e. The highest BCUT2D eigenvalue weighted by Crippen LogP contribution is 2.22.